The molecule has 0 bridgehead atoms. The van der Waals surface area contributed by atoms with Crippen LogP contribution in [0.25, 0.3) is 0 Å². The van der Waals surface area contributed by atoms with Gasteiger partial charge in [-0.05, 0) is 19.8 Å². The Hall–Kier alpha value is -0.980. The zero-order valence-electron chi connectivity index (χ0n) is 11.1. The van der Waals surface area contributed by atoms with E-state index in [1.165, 1.54) is 0 Å². The van der Waals surface area contributed by atoms with Crippen LogP contribution in [-0.2, 0) is 4.74 Å². The van der Waals surface area contributed by atoms with E-state index in [1.54, 1.807) is 6.92 Å². The lowest BCUT2D eigenvalue weighted by atomic mass is 9.86. The molecular formula is C12H21F3N2O2. The molecule has 1 aliphatic carbocycles. The first-order valence-electron chi connectivity index (χ1n) is 6.62. The van der Waals surface area contributed by atoms with E-state index in [0.717, 1.165) is 19.3 Å². The summed E-state index contributed by atoms with van der Waals surface area (Å²) < 4.78 is 41.4. The molecule has 0 aromatic heterocycles. The van der Waals surface area contributed by atoms with E-state index >= 15 is 0 Å². The number of hydrogen-bond donors (Lipinski definition) is 2. The van der Waals surface area contributed by atoms with Crippen molar-refractivity contribution in [3.63, 3.8) is 0 Å². The summed E-state index contributed by atoms with van der Waals surface area (Å²) in [4.78, 5) is 11.3. The largest absolute Gasteiger partial charge is 0.411 e. The van der Waals surface area contributed by atoms with Gasteiger partial charge in [-0.15, -0.1) is 0 Å². The minimum Gasteiger partial charge on any atom is -0.368 e. The fourth-order valence-electron chi connectivity index (χ4n) is 2.27. The van der Waals surface area contributed by atoms with Gasteiger partial charge >= 0.3 is 12.2 Å². The van der Waals surface area contributed by atoms with Gasteiger partial charge in [0.1, 0.15) is 6.61 Å². The Bertz CT molecular complexity index is 285. The molecule has 4 nitrogen and oxygen atoms in total. The van der Waals surface area contributed by atoms with Crippen molar-refractivity contribution in [2.24, 2.45) is 5.92 Å². The fourth-order valence-corrected chi connectivity index (χ4v) is 2.27. The van der Waals surface area contributed by atoms with Crippen LogP contribution < -0.4 is 10.6 Å². The minimum atomic E-state index is -4.30. The van der Waals surface area contributed by atoms with Crippen LogP contribution in [0.15, 0.2) is 0 Å². The van der Waals surface area contributed by atoms with Crippen molar-refractivity contribution in [2.75, 3.05) is 19.7 Å². The van der Waals surface area contributed by atoms with Gasteiger partial charge in [0.2, 0.25) is 0 Å². The summed E-state index contributed by atoms with van der Waals surface area (Å²) in [6.07, 6.45) is -1.47. The molecule has 2 N–H and O–H groups in total. The van der Waals surface area contributed by atoms with Gasteiger partial charge in [0, 0.05) is 19.0 Å². The molecule has 1 rings (SSSR count). The van der Waals surface area contributed by atoms with Crippen molar-refractivity contribution in [2.45, 2.75) is 44.9 Å². The highest BCUT2D eigenvalue weighted by atomic mass is 19.4. The van der Waals surface area contributed by atoms with Crippen molar-refractivity contribution in [3.05, 3.63) is 0 Å². The van der Waals surface area contributed by atoms with Crippen molar-refractivity contribution >= 4 is 6.03 Å². The van der Waals surface area contributed by atoms with E-state index in [4.69, 9.17) is 4.74 Å². The molecule has 0 aromatic rings. The highest BCUT2D eigenvalue weighted by Crippen LogP contribution is 2.28. The Kier molecular flexibility index (Phi) is 6.41. The summed E-state index contributed by atoms with van der Waals surface area (Å²) in [5.74, 6) is -0.0429. The SMILES string of the molecule is CCNC(=O)NCC1CCCCC1OCC(F)(F)F. The Balaban J connectivity index is 2.37. The first-order valence-corrected chi connectivity index (χ1v) is 6.62. The lowest BCUT2D eigenvalue weighted by Crippen LogP contribution is -2.42. The zero-order chi connectivity index (χ0) is 14.3. The smallest absolute Gasteiger partial charge is 0.368 e. The molecule has 19 heavy (non-hydrogen) atoms. The van der Waals surface area contributed by atoms with E-state index in [9.17, 15) is 18.0 Å². The number of hydrogen-bond acceptors (Lipinski definition) is 2. The normalized spacial score (nSPS) is 24.0. The molecule has 0 aliphatic heterocycles. The summed E-state index contributed by atoms with van der Waals surface area (Å²) >= 11 is 0. The maximum absolute atomic E-state index is 12.1. The van der Waals surface area contributed by atoms with Gasteiger partial charge in [-0.2, -0.15) is 13.2 Å². The van der Waals surface area contributed by atoms with E-state index in [1.807, 2.05) is 0 Å². The van der Waals surface area contributed by atoms with Crippen LogP contribution in [-0.4, -0.2) is 38.0 Å². The number of amides is 2. The van der Waals surface area contributed by atoms with Crippen LogP contribution in [0, 0.1) is 5.92 Å². The lowest BCUT2D eigenvalue weighted by Gasteiger charge is -2.31. The van der Waals surface area contributed by atoms with E-state index in [2.05, 4.69) is 10.6 Å². The highest BCUT2D eigenvalue weighted by Gasteiger charge is 2.33. The predicted octanol–water partition coefficient (Wildman–Crippen LogP) is 2.44. The van der Waals surface area contributed by atoms with E-state index < -0.39 is 18.9 Å². The Morgan fingerprint density at radius 2 is 1.95 bits per heavy atom. The summed E-state index contributed by atoms with van der Waals surface area (Å²) in [5, 5.41) is 5.25. The average Bonchev–Trinajstić information content (AvgIpc) is 2.34. The summed E-state index contributed by atoms with van der Waals surface area (Å²) in [6.45, 7) is 1.46. The standard InChI is InChI=1S/C12H21F3N2O2/c1-2-16-11(18)17-7-9-5-3-4-6-10(9)19-8-12(13,14)15/h9-10H,2-8H2,1H3,(H2,16,17,18). The van der Waals surface area contributed by atoms with E-state index in [0.29, 0.717) is 19.5 Å². The molecule has 112 valence electrons. The number of alkyl halides is 3. The molecular weight excluding hydrogens is 261 g/mol. The summed E-state index contributed by atoms with van der Waals surface area (Å²) in [7, 11) is 0. The molecule has 0 heterocycles. The number of ether oxygens (including phenoxy) is 1. The molecule has 1 fully saturated rings. The fraction of sp³-hybridized carbons (Fsp3) is 0.917. The number of halogens is 3. The quantitative estimate of drug-likeness (QED) is 0.813. The number of carbonyl (C=O) groups is 1. The molecule has 7 heteroatoms. The molecule has 0 aromatic carbocycles. The maximum atomic E-state index is 12.1. The molecule has 0 saturated heterocycles. The first-order chi connectivity index (χ1) is 8.92. The number of nitrogens with one attached hydrogen (secondary N) is 2. The number of rotatable bonds is 5. The van der Waals surface area contributed by atoms with Crippen molar-refractivity contribution in [3.8, 4) is 0 Å². The van der Waals surface area contributed by atoms with Crippen LogP contribution in [0.4, 0.5) is 18.0 Å². The molecule has 0 spiro atoms. The first kappa shape index (κ1) is 16.1. The zero-order valence-corrected chi connectivity index (χ0v) is 11.1. The molecule has 2 unspecified atom stereocenters. The van der Waals surface area contributed by atoms with Gasteiger partial charge in [-0.1, -0.05) is 12.8 Å². The average molecular weight is 282 g/mol. The van der Waals surface area contributed by atoms with Gasteiger partial charge in [0.05, 0.1) is 6.10 Å². The predicted molar refractivity (Wildman–Crippen MR) is 64.8 cm³/mol. The third-order valence-electron chi connectivity index (χ3n) is 3.16. The van der Waals surface area contributed by atoms with Crippen molar-refractivity contribution < 1.29 is 22.7 Å². The minimum absolute atomic E-state index is 0.0429. The van der Waals surface area contributed by atoms with Gasteiger partial charge in [-0.25, -0.2) is 4.79 Å². The summed E-state index contributed by atoms with van der Waals surface area (Å²) in [5.41, 5.74) is 0. The van der Waals surface area contributed by atoms with Gasteiger partial charge in [0.15, 0.2) is 0 Å². The van der Waals surface area contributed by atoms with Crippen LogP contribution in [0.2, 0.25) is 0 Å². The van der Waals surface area contributed by atoms with Gasteiger partial charge in [0.25, 0.3) is 0 Å². The lowest BCUT2D eigenvalue weighted by molar-refractivity contribution is -0.193. The van der Waals surface area contributed by atoms with Crippen LogP contribution in [0.5, 0.6) is 0 Å². The second-order valence-corrected chi connectivity index (χ2v) is 4.75. The van der Waals surface area contributed by atoms with Crippen LogP contribution in [0.3, 0.4) is 0 Å². The molecule has 1 saturated carbocycles. The van der Waals surface area contributed by atoms with Gasteiger partial charge < -0.3 is 15.4 Å². The number of carbonyl (C=O) groups excluding carboxylic acids is 1. The monoisotopic (exact) mass is 282 g/mol. The third-order valence-corrected chi connectivity index (χ3v) is 3.16. The van der Waals surface area contributed by atoms with Crippen molar-refractivity contribution in [1.82, 2.24) is 10.6 Å². The Morgan fingerprint density at radius 1 is 1.26 bits per heavy atom. The highest BCUT2D eigenvalue weighted by molar-refractivity contribution is 5.73. The van der Waals surface area contributed by atoms with Crippen LogP contribution >= 0.6 is 0 Å². The maximum Gasteiger partial charge on any atom is 0.411 e. The second-order valence-electron chi connectivity index (χ2n) is 4.75. The van der Waals surface area contributed by atoms with Crippen LogP contribution in [0.1, 0.15) is 32.6 Å². The molecule has 2 atom stereocenters. The third kappa shape index (κ3) is 6.66. The topological polar surface area (TPSA) is 50.4 Å². The summed E-state index contributed by atoms with van der Waals surface area (Å²) in [6, 6.07) is -0.289. The van der Waals surface area contributed by atoms with E-state index in [-0.39, 0.29) is 11.9 Å². The van der Waals surface area contributed by atoms with Crippen molar-refractivity contribution in [1.29, 1.82) is 0 Å². The van der Waals surface area contributed by atoms with Gasteiger partial charge in [-0.3, -0.25) is 0 Å². The molecule has 2 amide bonds. The Labute approximate surface area is 111 Å². The molecule has 0 radical (unpaired) electrons. The number of urea groups is 1. The molecule has 1 aliphatic rings. The second kappa shape index (κ2) is 7.57. The Morgan fingerprint density at radius 3 is 2.58 bits per heavy atom.